The van der Waals surface area contributed by atoms with Crippen molar-refractivity contribution in [3.63, 3.8) is 0 Å². The molecule has 0 spiro atoms. The molecular formula is C35H55N7O3. The fraction of sp³-hybridized carbons (Fsp3) is 0.514. The van der Waals surface area contributed by atoms with Crippen LogP contribution >= 0.6 is 0 Å². The van der Waals surface area contributed by atoms with Crippen LogP contribution in [0.5, 0.6) is 0 Å². The van der Waals surface area contributed by atoms with Crippen LogP contribution in [-0.4, -0.2) is 88.7 Å². The number of rotatable bonds is 12. The number of carbonyl (C=O) groups is 2. The van der Waals surface area contributed by atoms with Crippen molar-refractivity contribution in [1.82, 2.24) is 29.6 Å². The standard InChI is InChI=1S/C33H50N6O3.C2H5N/c1-11-33(6,7)42-32(41)39-16-14-38(15-17-39)28(18-23(2)3)26-13-12-24(4)19-27(26)25(5)31(29-20-34-22-37(29)10)35-30(40)21-36(8)9;1-2-3/h12-13,19-20,22,28,31H,2,5,11,14-18,21H2,1,3-4,6-10H3,(H,35,40);2H,1,3H2. The molecule has 2 unspecified atom stereocenters. The van der Waals surface area contributed by atoms with Crippen molar-refractivity contribution < 1.29 is 14.3 Å². The Hall–Kier alpha value is -3.89. The van der Waals surface area contributed by atoms with E-state index in [9.17, 15) is 9.59 Å². The van der Waals surface area contributed by atoms with Gasteiger partial charge >= 0.3 is 6.09 Å². The SMILES string of the molecule is C=C(C)CC(c1ccc(C)cc1C(=C)C(NC(=O)CN(C)C)c1cncn1C)N1CCN(C(=O)OC(C)(C)CC)CC1.C=CN. The molecule has 248 valence electrons. The van der Waals surface area contributed by atoms with Gasteiger partial charge in [0.05, 0.1) is 30.8 Å². The molecule has 1 aliphatic heterocycles. The van der Waals surface area contributed by atoms with Crippen LogP contribution in [0.2, 0.25) is 0 Å². The number of aromatic nitrogens is 2. The summed E-state index contributed by atoms with van der Waals surface area (Å²) in [6, 6.07) is 6.04. The normalized spacial score (nSPS) is 15.0. The number of piperazine rings is 1. The Balaban J connectivity index is 0.00000226. The van der Waals surface area contributed by atoms with E-state index in [2.05, 4.69) is 72.7 Å². The van der Waals surface area contributed by atoms with E-state index in [0.717, 1.165) is 46.4 Å². The predicted octanol–water partition coefficient (Wildman–Crippen LogP) is 5.20. The van der Waals surface area contributed by atoms with Gasteiger partial charge in [-0.1, -0.05) is 49.4 Å². The Kier molecular flexibility index (Phi) is 14.1. The summed E-state index contributed by atoms with van der Waals surface area (Å²) in [5.41, 5.74) is 10.1. The van der Waals surface area contributed by atoms with Gasteiger partial charge < -0.3 is 30.2 Å². The monoisotopic (exact) mass is 621 g/mol. The Bertz CT molecular complexity index is 1320. The summed E-state index contributed by atoms with van der Waals surface area (Å²) >= 11 is 0. The van der Waals surface area contributed by atoms with Gasteiger partial charge in [0.15, 0.2) is 0 Å². The van der Waals surface area contributed by atoms with E-state index in [1.54, 1.807) is 17.4 Å². The number of benzene rings is 1. The molecule has 2 amide bonds. The molecule has 45 heavy (non-hydrogen) atoms. The molecule has 3 N–H and O–H groups in total. The lowest BCUT2D eigenvalue weighted by Gasteiger charge is -2.41. The van der Waals surface area contributed by atoms with Crippen molar-refractivity contribution in [3.8, 4) is 0 Å². The quantitative estimate of drug-likeness (QED) is 0.314. The average Bonchev–Trinajstić information content (AvgIpc) is 3.39. The van der Waals surface area contributed by atoms with E-state index in [1.807, 2.05) is 51.4 Å². The van der Waals surface area contributed by atoms with E-state index < -0.39 is 11.6 Å². The van der Waals surface area contributed by atoms with Crippen LogP contribution in [0.1, 0.15) is 75.0 Å². The second-order valence-corrected chi connectivity index (χ2v) is 12.7. The molecule has 1 aliphatic rings. The van der Waals surface area contributed by atoms with Gasteiger partial charge in [-0.3, -0.25) is 9.69 Å². The van der Waals surface area contributed by atoms with Gasteiger partial charge in [-0.25, -0.2) is 9.78 Å². The van der Waals surface area contributed by atoms with E-state index in [-0.39, 0.29) is 24.6 Å². The van der Waals surface area contributed by atoms with Crippen molar-refractivity contribution in [2.24, 2.45) is 12.8 Å². The summed E-state index contributed by atoms with van der Waals surface area (Å²) in [6.45, 7) is 24.8. The fourth-order valence-corrected chi connectivity index (χ4v) is 5.23. The maximum absolute atomic E-state index is 13.0. The molecule has 10 nitrogen and oxygen atoms in total. The number of carbonyl (C=O) groups excluding carboxylic acids is 2. The highest BCUT2D eigenvalue weighted by Crippen LogP contribution is 2.38. The second kappa shape index (κ2) is 17.0. The number of aryl methyl sites for hydroxylation is 2. The molecule has 2 heterocycles. The Morgan fingerprint density at radius 3 is 2.33 bits per heavy atom. The summed E-state index contributed by atoms with van der Waals surface area (Å²) in [4.78, 5) is 36.3. The predicted molar refractivity (Wildman–Crippen MR) is 183 cm³/mol. The average molecular weight is 622 g/mol. The van der Waals surface area contributed by atoms with Crippen LogP contribution in [0.25, 0.3) is 5.57 Å². The molecule has 1 aromatic carbocycles. The maximum Gasteiger partial charge on any atom is 0.410 e. The summed E-state index contributed by atoms with van der Waals surface area (Å²) < 4.78 is 7.68. The minimum absolute atomic E-state index is 0.0322. The zero-order valence-corrected chi connectivity index (χ0v) is 28.7. The van der Waals surface area contributed by atoms with E-state index in [0.29, 0.717) is 26.2 Å². The van der Waals surface area contributed by atoms with Gasteiger partial charge in [-0.05, 0) is 77.5 Å². The molecule has 2 aromatic rings. The zero-order chi connectivity index (χ0) is 33.9. The Labute approximate surface area is 270 Å². The number of imidazole rings is 1. The third-order valence-electron chi connectivity index (χ3n) is 7.95. The lowest BCUT2D eigenvalue weighted by Crippen LogP contribution is -2.51. The van der Waals surface area contributed by atoms with Crippen LogP contribution in [-0.2, 0) is 16.6 Å². The first-order chi connectivity index (χ1) is 21.1. The smallest absolute Gasteiger partial charge is 0.410 e. The number of nitrogens with two attached hydrogens (primary N) is 1. The minimum Gasteiger partial charge on any atom is -0.443 e. The molecule has 10 heteroatoms. The highest BCUT2D eigenvalue weighted by atomic mass is 16.6. The van der Waals surface area contributed by atoms with Crippen LogP contribution in [0.4, 0.5) is 4.79 Å². The number of likely N-dealkylation sites (N-methyl/N-ethyl adjacent to an activating group) is 1. The van der Waals surface area contributed by atoms with Crippen molar-refractivity contribution in [3.05, 3.63) is 84.6 Å². The number of amides is 2. The van der Waals surface area contributed by atoms with E-state index in [1.165, 1.54) is 6.20 Å². The summed E-state index contributed by atoms with van der Waals surface area (Å²) in [7, 11) is 5.67. The zero-order valence-electron chi connectivity index (χ0n) is 28.7. The molecule has 0 radical (unpaired) electrons. The third-order valence-corrected chi connectivity index (χ3v) is 7.95. The highest BCUT2D eigenvalue weighted by Gasteiger charge is 2.32. The number of hydrogen-bond donors (Lipinski definition) is 2. The summed E-state index contributed by atoms with van der Waals surface area (Å²) in [5, 5.41) is 3.21. The number of nitrogens with zero attached hydrogens (tertiary/aromatic N) is 5. The van der Waals surface area contributed by atoms with Crippen molar-refractivity contribution in [1.29, 1.82) is 0 Å². The number of nitrogens with one attached hydrogen (secondary N) is 1. The molecule has 1 aromatic heterocycles. The molecule has 0 saturated carbocycles. The first kappa shape index (κ1) is 37.3. The first-order valence-corrected chi connectivity index (χ1v) is 15.5. The third kappa shape index (κ3) is 10.9. The lowest BCUT2D eigenvalue weighted by molar-refractivity contribution is -0.122. The van der Waals surface area contributed by atoms with Gasteiger partial charge in [-0.15, -0.1) is 6.58 Å². The van der Waals surface area contributed by atoms with Gasteiger partial charge in [0.2, 0.25) is 5.91 Å². The largest absolute Gasteiger partial charge is 0.443 e. The molecular weight excluding hydrogens is 566 g/mol. The van der Waals surface area contributed by atoms with Gasteiger partial charge in [-0.2, -0.15) is 0 Å². The molecule has 3 rings (SSSR count). The van der Waals surface area contributed by atoms with Gasteiger partial charge in [0.1, 0.15) is 5.60 Å². The van der Waals surface area contributed by atoms with E-state index >= 15 is 0 Å². The molecule has 0 bridgehead atoms. The number of ether oxygens (including phenoxy) is 1. The molecule has 2 atom stereocenters. The summed E-state index contributed by atoms with van der Waals surface area (Å²) in [6.07, 6.45) is 6.04. The fourth-order valence-electron chi connectivity index (χ4n) is 5.23. The van der Waals surface area contributed by atoms with Gasteiger partial charge in [0.25, 0.3) is 0 Å². The van der Waals surface area contributed by atoms with E-state index in [4.69, 9.17) is 4.74 Å². The Morgan fingerprint density at radius 1 is 1.20 bits per heavy atom. The van der Waals surface area contributed by atoms with Crippen LogP contribution in [0, 0.1) is 6.92 Å². The van der Waals surface area contributed by atoms with Crippen molar-refractivity contribution in [2.75, 3.05) is 46.8 Å². The van der Waals surface area contributed by atoms with Crippen LogP contribution < -0.4 is 11.1 Å². The first-order valence-electron chi connectivity index (χ1n) is 15.5. The maximum atomic E-state index is 13.0. The highest BCUT2D eigenvalue weighted by molar-refractivity contribution is 5.82. The minimum atomic E-state index is -0.486. The van der Waals surface area contributed by atoms with Crippen molar-refractivity contribution in [2.45, 2.75) is 65.1 Å². The lowest BCUT2D eigenvalue weighted by atomic mass is 9.86. The molecule has 0 aliphatic carbocycles. The second-order valence-electron chi connectivity index (χ2n) is 12.7. The van der Waals surface area contributed by atoms with Crippen LogP contribution in [0.15, 0.2) is 62.2 Å². The van der Waals surface area contributed by atoms with Gasteiger partial charge in [0, 0.05) is 39.3 Å². The van der Waals surface area contributed by atoms with Crippen molar-refractivity contribution >= 4 is 17.6 Å². The Morgan fingerprint density at radius 2 is 1.82 bits per heavy atom. The number of hydrogen-bond acceptors (Lipinski definition) is 7. The topological polar surface area (TPSA) is 109 Å². The van der Waals surface area contributed by atoms with Crippen LogP contribution in [0.3, 0.4) is 0 Å². The molecule has 1 fully saturated rings. The molecule has 1 saturated heterocycles. The summed E-state index contributed by atoms with van der Waals surface area (Å²) in [5.74, 6) is -0.0886.